The number of unbranched alkanes of at least 4 members (excludes halogenated alkanes) is 1. The largest absolute Gasteiger partial charge is 0.479 e. The van der Waals surface area contributed by atoms with Gasteiger partial charge in [-0.2, -0.15) is 0 Å². The third kappa shape index (κ3) is 4.35. The first kappa shape index (κ1) is 15.1. The number of benzene rings is 2. The van der Waals surface area contributed by atoms with Crippen molar-refractivity contribution in [3.8, 4) is 16.9 Å². The van der Waals surface area contributed by atoms with Gasteiger partial charge in [-0.05, 0) is 36.1 Å². The van der Waals surface area contributed by atoms with E-state index in [1.165, 1.54) is 0 Å². The molecule has 0 fully saturated rings. The third-order valence-corrected chi connectivity index (χ3v) is 3.31. The van der Waals surface area contributed by atoms with Crippen LogP contribution < -0.4 is 4.74 Å². The maximum absolute atomic E-state index is 11.2. The van der Waals surface area contributed by atoms with Gasteiger partial charge in [-0.1, -0.05) is 55.8 Å². The van der Waals surface area contributed by atoms with Crippen molar-refractivity contribution in [3.05, 3.63) is 54.6 Å². The van der Waals surface area contributed by atoms with Crippen molar-refractivity contribution < 1.29 is 14.6 Å². The molecule has 0 bridgehead atoms. The molecule has 3 heteroatoms. The minimum Gasteiger partial charge on any atom is -0.479 e. The van der Waals surface area contributed by atoms with Gasteiger partial charge in [0.25, 0.3) is 0 Å². The number of hydrogen-bond acceptors (Lipinski definition) is 2. The lowest BCUT2D eigenvalue weighted by Gasteiger charge is -2.15. The van der Waals surface area contributed by atoms with Crippen LogP contribution >= 0.6 is 0 Å². The van der Waals surface area contributed by atoms with Crippen LogP contribution in [0, 0.1) is 0 Å². The second-order valence-electron chi connectivity index (χ2n) is 4.98. The minimum atomic E-state index is -0.909. The summed E-state index contributed by atoms with van der Waals surface area (Å²) in [5.74, 6) is -0.312. The molecule has 0 aromatic heterocycles. The number of ether oxygens (including phenoxy) is 1. The first-order valence-electron chi connectivity index (χ1n) is 7.25. The Kier molecular flexibility index (Phi) is 5.38. The molecular formula is C18H20O3. The zero-order valence-corrected chi connectivity index (χ0v) is 12.2. The van der Waals surface area contributed by atoms with E-state index in [0.29, 0.717) is 12.2 Å². The predicted octanol–water partition coefficient (Wildman–Crippen LogP) is 4.38. The summed E-state index contributed by atoms with van der Waals surface area (Å²) in [6.45, 7) is 2.04. The Hall–Kier alpha value is -2.29. The van der Waals surface area contributed by atoms with Gasteiger partial charge >= 0.3 is 5.97 Å². The molecule has 110 valence electrons. The van der Waals surface area contributed by atoms with E-state index in [2.05, 4.69) is 0 Å². The minimum absolute atomic E-state index is 0.529. The topological polar surface area (TPSA) is 46.5 Å². The van der Waals surface area contributed by atoms with Gasteiger partial charge in [-0.15, -0.1) is 0 Å². The molecule has 0 amide bonds. The zero-order chi connectivity index (χ0) is 15.1. The van der Waals surface area contributed by atoms with Gasteiger partial charge in [0.05, 0.1) is 0 Å². The van der Waals surface area contributed by atoms with E-state index in [9.17, 15) is 9.90 Å². The maximum atomic E-state index is 11.2. The molecule has 0 saturated heterocycles. The number of aliphatic carboxylic acids is 1. The number of carboxylic acid groups (broad SMARTS) is 1. The van der Waals surface area contributed by atoms with Crippen LogP contribution in [0.4, 0.5) is 0 Å². The molecule has 0 heterocycles. The molecule has 1 atom stereocenters. The van der Waals surface area contributed by atoms with E-state index in [4.69, 9.17) is 4.74 Å². The molecule has 0 saturated carbocycles. The summed E-state index contributed by atoms with van der Waals surface area (Å²) in [5.41, 5.74) is 2.11. The van der Waals surface area contributed by atoms with E-state index < -0.39 is 12.1 Å². The SMILES string of the molecule is CCCCC(Oc1cccc(-c2ccccc2)c1)C(=O)O. The summed E-state index contributed by atoms with van der Waals surface area (Å²) in [6.07, 6.45) is 1.55. The lowest BCUT2D eigenvalue weighted by atomic mass is 10.1. The molecule has 2 aromatic carbocycles. The monoisotopic (exact) mass is 284 g/mol. The van der Waals surface area contributed by atoms with Crippen molar-refractivity contribution in [2.45, 2.75) is 32.3 Å². The van der Waals surface area contributed by atoms with Crippen LogP contribution in [0.2, 0.25) is 0 Å². The number of carboxylic acids is 1. The van der Waals surface area contributed by atoms with Crippen molar-refractivity contribution in [1.29, 1.82) is 0 Å². The summed E-state index contributed by atoms with van der Waals surface area (Å²) < 4.78 is 5.64. The summed E-state index contributed by atoms with van der Waals surface area (Å²) in [5, 5.41) is 9.22. The highest BCUT2D eigenvalue weighted by molar-refractivity contribution is 5.73. The Morgan fingerprint density at radius 2 is 1.81 bits per heavy atom. The van der Waals surface area contributed by atoms with Gasteiger partial charge in [0.15, 0.2) is 6.10 Å². The first-order valence-corrected chi connectivity index (χ1v) is 7.25. The second-order valence-corrected chi connectivity index (χ2v) is 4.98. The molecule has 0 aliphatic carbocycles. The molecule has 0 aliphatic rings. The Morgan fingerprint density at radius 1 is 1.10 bits per heavy atom. The molecule has 1 N–H and O–H groups in total. The fraction of sp³-hybridized carbons (Fsp3) is 0.278. The van der Waals surface area contributed by atoms with Crippen LogP contribution in [0.1, 0.15) is 26.2 Å². The van der Waals surface area contributed by atoms with Crippen molar-refractivity contribution >= 4 is 5.97 Å². The quantitative estimate of drug-likeness (QED) is 0.821. The van der Waals surface area contributed by atoms with Crippen LogP contribution in [0.3, 0.4) is 0 Å². The van der Waals surface area contributed by atoms with Crippen LogP contribution in [-0.4, -0.2) is 17.2 Å². The lowest BCUT2D eigenvalue weighted by Crippen LogP contribution is -2.26. The predicted molar refractivity (Wildman–Crippen MR) is 83.5 cm³/mol. The summed E-state index contributed by atoms with van der Waals surface area (Å²) >= 11 is 0. The molecule has 3 nitrogen and oxygen atoms in total. The van der Waals surface area contributed by atoms with E-state index in [-0.39, 0.29) is 0 Å². The van der Waals surface area contributed by atoms with Gasteiger partial charge < -0.3 is 9.84 Å². The van der Waals surface area contributed by atoms with Gasteiger partial charge in [0.1, 0.15) is 5.75 Å². The van der Waals surface area contributed by atoms with E-state index in [1.807, 2.05) is 55.5 Å². The fourth-order valence-electron chi connectivity index (χ4n) is 2.17. The molecule has 0 spiro atoms. The van der Waals surface area contributed by atoms with Gasteiger partial charge in [-0.25, -0.2) is 4.79 Å². The fourth-order valence-corrected chi connectivity index (χ4v) is 2.17. The molecule has 2 aromatic rings. The van der Waals surface area contributed by atoms with E-state index >= 15 is 0 Å². The molecule has 21 heavy (non-hydrogen) atoms. The van der Waals surface area contributed by atoms with E-state index in [0.717, 1.165) is 24.0 Å². The zero-order valence-electron chi connectivity index (χ0n) is 12.2. The summed E-state index contributed by atoms with van der Waals surface area (Å²) in [6, 6.07) is 17.5. The highest BCUT2D eigenvalue weighted by Gasteiger charge is 2.18. The third-order valence-electron chi connectivity index (χ3n) is 3.31. The maximum Gasteiger partial charge on any atom is 0.344 e. The van der Waals surface area contributed by atoms with Crippen LogP contribution in [0.15, 0.2) is 54.6 Å². The Morgan fingerprint density at radius 3 is 2.48 bits per heavy atom. The Balaban J connectivity index is 2.15. The van der Waals surface area contributed by atoms with Gasteiger partial charge in [-0.3, -0.25) is 0 Å². The molecule has 2 rings (SSSR count). The highest BCUT2D eigenvalue weighted by Crippen LogP contribution is 2.24. The summed E-state index contributed by atoms with van der Waals surface area (Å²) in [4.78, 5) is 11.2. The molecule has 1 unspecified atom stereocenters. The lowest BCUT2D eigenvalue weighted by molar-refractivity contribution is -0.145. The van der Waals surface area contributed by atoms with Crippen LogP contribution in [0.5, 0.6) is 5.75 Å². The Bertz CT molecular complexity index is 578. The van der Waals surface area contributed by atoms with Crippen molar-refractivity contribution in [3.63, 3.8) is 0 Å². The van der Waals surface area contributed by atoms with Gasteiger partial charge in [0.2, 0.25) is 0 Å². The normalized spacial score (nSPS) is 11.9. The molecule has 0 radical (unpaired) electrons. The van der Waals surface area contributed by atoms with Crippen molar-refractivity contribution in [2.24, 2.45) is 0 Å². The highest BCUT2D eigenvalue weighted by atomic mass is 16.5. The summed E-state index contributed by atoms with van der Waals surface area (Å²) in [7, 11) is 0. The first-order chi connectivity index (χ1) is 10.2. The number of hydrogen-bond donors (Lipinski definition) is 1. The van der Waals surface area contributed by atoms with E-state index in [1.54, 1.807) is 6.07 Å². The number of carbonyl (C=O) groups is 1. The smallest absolute Gasteiger partial charge is 0.344 e. The molecule has 0 aliphatic heterocycles. The van der Waals surface area contributed by atoms with Crippen LogP contribution in [-0.2, 0) is 4.79 Å². The average Bonchev–Trinajstić information content (AvgIpc) is 2.52. The average molecular weight is 284 g/mol. The molecular weight excluding hydrogens is 264 g/mol. The second kappa shape index (κ2) is 7.48. The standard InChI is InChI=1S/C18H20O3/c1-2-3-12-17(18(19)20)21-16-11-7-10-15(13-16)14-8-5-4-6-9-14/h4-11,13,17H,2-3,12H2,1H3,(H,19,20). The van der Waals surface area contributed by atoms with Crippen molar-refractivity contribution in [1.82, 2.24) is 0 Å². The Labute approximate surface area is 125 Å². The van der Waals surface area contributed by atoms with Gasteiger partial charge in [0, 0.05) is 0 Å². The van der Waals surface area contributed by atoms with Crippen LogP contribution in [0.25, 0.3) is 11.1 Å². The van der Waals surface area contributed by atoms with Crippen molar-refractivity contribution in [2.75, 3.05) is 0 Å². The number of rotatable bonds is 7.